The van der Waals surface area contributed by atoms with E-state index in [1.54, 1.807) is 26.0 Å². The van der Waals surface area contributed by atoms with E-state index in [4.69, 9.17) is 21.1 Å². The summed E-state index contributed by atoms with van der Waals surface area (Å²) in [5.41, 5.74) is 2.05. The Morgan fingerprint density at radius 2 is 2.00 bits per heavy atom. The highest BCUT2D eigenvalue weighted by molar-refractivity contribution is 6.32. The van der Waals surface area contributed by atoms with Gasteiger partial charge in [-0.1, -0.05) is 25.4 Å². The van der Waals surface area contributed by atoms with Crippen LogP contribution in [-0.2, 0) is 14.3 Å². The van der Waals surface area contributed by atoms with Gasteiger partial charge >= 0.3 is 5.97 Å². The highest BCUT2D eigenvalue weighted by atomic mass is 35.5. The third-order valence-electron chi connectivity index (χ3n) is 5.48. The molecule has 0 bridgehead atoms. The second-order valence-electron chi connectivity index (χ2n) is 8.32. The maximum Gasteiger partial charge on any atom is 0.336 e. The van der Waals surface area contributed by atoms with Crippen LogP contribution in [0.25, 0.3) is 0 Å². The number of nitrogens with zero attached hydrogens (tertiary/aromatic N) is 1. The molecule has 0 amide bonds. The van der Waals surface area contributed by atoms with Crippen LogP contribution >= 0.6 is 11.6 Å². The van der Waals surface area contributed by atoms with E-state index < -0.39 is 17.8 Å². The van der Waals surface area contributed by atoms with Crippen LogP contribution in [0.4, 0.5) is 0 Å². The minimum absolute atomic E-state index is 0.0288. The van der Waals surface area contributed by atoms with Gasteiger partial charge < -0.3 is 14.6 Å². The number of rotatable bonds is 4. The molecule has 2 atom stereocenters. The highest BCUT2D eigenvalue weighted by Crippen LogP contribution is 2.49. The van der Waals surface area contributed by atoms with Crippen molar-refractivity contribution in [3.8, 4) is 11.5 Å². The first kappa shape index (κ1) is 21.4. The van der Waals surface area contributed by atoms with E-state index in [1.807, 2.05) is 13.8 Å². The van der Waals surface area contributed by atoms with Crippen LogP contribution in [0.2, 0.25) is 5.02 Å². The number of esters is 1. The van der Waals surface area contributed by atoms with Crippen molar-refractivity contribution in [3.63, 3.8) is 0 Å². The molecular weight excluding hydrogens is 394 g/mol. The number of phenols is 1. The first-order chi connectivity index (χ1) is 13.6. The molecule has 156 valence electrons. The number of ether oxygens (including phenoxy) is 2. The summed E-state index contributed by atoms with van der Waals surface area (Å²) in [5, 5.41) is 10.3. The van der Waals surface area contributed by atoms with Crippen molar-refractivity contribution < 1.29 is 24.2 Å². The molecule has 1 saturated carbocycles. The lowest BCUT2D eigenvalue weighted by atomic mass is 9.63. The number of hydrogen-bond donors (Lipinski definition) is 1. The molecule has 0 saturated heterocycles. The maximum atomic E-state index is 13.2. The highest BCUT2D eigenvalue weighted by Gasteiger charge is 2.47. The van der Waals surface area contributed by atoms with Gasteiger partial charge in [0.25, 0.3) is 0 Å². The van der Waals surface area contributed by atoms with E-state index >= 15 is 0 Å². The van der Waals surface area contributed by atoms with Gasteiger partial charge in [-0.05, 0) is 43.4 Å². The molecule has 1 heterocycles. The van der Waals surface area contributed by atoms with Gasteiger partial charge in [-0.15, -0.1) is 0 Å². The van der Waals surface area contributed by atoms with Crippen LogP contribution in [0.3, 0.4) is 0 Å². The molecule has 1 aliphatic carbocycles. The lowest BCUT2D eigenvalue weighted by Gasteiger charge is -2.41. The molecule has 0 aromatic heterocycles. The van der Waals surface area contributed by atoms with E-state index in [0.717, 1.165) is 5.71 Å². The number of aliphatic imine (C=N–C) groups is 1. The van der Waals surface area contributed by atoms with Crippen molar-refractivity contribution in [1.29, 1.82) is 0 Å². The van der Waals surface area contributed by atoms with Crippen molar-refractivity contribution in [1.82, 2.24) is 0 Å². The number of carbonyl (C=O) groups excluding carboxylic acids is 2. The summed E-state index contributed by atoms with van der Waals surface area (Å²) in [4.78, 5) is 30.5. The van der Waals surface area contributed by atoms with Crippen LogP contribution in [0.15, 0.2) is 28.4 Å². The number of benzene rings is 1. The zero-order chi connectivity index (χ0) is 21.5. The zero-order valence-electron chi connectivity index (χ0n) is 17.3. The number of phenolic OH excluding ortho intramolecular Hbond substituents is 1. The summed E-state index contributed by atoms with van der Waals surface area (Å²) in [7, 11) is 1.31. The fourth-order valence-electron chi connectivity index (χ4n) is 4.37. The molecule has 2 aliphatic rings. The summed E-state index contributed by atoms with van der Waals surface area (Å²) < 4.78 is 10.5. The fourth-order valence-corrected chi connectivity index (χ4v) is 4.59. The Balaban J connectivity index is 2.23. The molecule has 29 heavy (non-hydrogen) atoms. The Morgan fingerprint density at radius 1 is 1.31 bits per heavy atom. The number of halogens is 1. The van der Waals surface area contributed by atoms with Crippen LogP contribution < -0.4 is 4.74 Å². The van der Waals surface area contributed by atoms with E-state index in [1.165, 1.54) is 7.11 Å². The van der Waals surface area contributed by atoms with Gasteiger partial charge in [0.05, 0.1) is 30.2 Å². The molecule has 0 radical (unpaired) electrons. The molecule has 1 aromatic rings. The molecule has 0 spiro atoms. The number of aromatic hydroxyl groups is 1. The Labute approximate surface area is 175 Å². The largest absolute Gasteiger partial charge is 0.503 e. The van der Waals surface area contributed by atoms with E-state index in [2.05, 4.69) is 4.99 Å². The van der Waals surface area contributed by atoms with Crippen molar-refractivity contribution >= 4 is 29.1 Å². The first-order valence-electron chi connectivity index (χ1n) is 9.64. The van der Waals surface area contributed by atoms with Crippen molar-refractivity contribution in [2.45, 2.75) is 46.5 Å². The lowest BCUT2D eigenvalue weighted by Crippen LogP contribution is -2.44. The standard InChI is InChI=1S/C22H26ClNO5/c1-6-29-16-8-12(7-13(23)20(16)26)18-17(21(27)28-5)11(2)24-14-9-22(3,4)10-15(25)19(14)18/h7-8,18-19,26H,6,9-10H2,1-5H3/t18-,19?/m0/s1. The van der Waals surface area contributed by atoms with E-state index in [9.17, 15) is 14.7 Å². The summed E-state index contributed by atoms with van der Waals surface area (Å²) in [6.07, 6.45) is 1.06. The normalized spacial score (nSPS) is 23.4. The number of allylic oxidation sites excluding steroid dienone is 1. The smallest absolute Gasteiger partial charge is 0.336 e. The average molecular weight is 420 g/mol. The van der Waals surface area contributed by atoms with Gasteiger partial charge in [0, 0.05) is 23.7 Å². The summed E-state index contributed by atoms with van der Waals surface area (Å²) >= 11 is 6.25. The first-order valence-corrected chi connectivity index (χ1v) is 10.0. The maximum absolute atomic E-state index is 13.2. The van der Waals surface area contributed by atoms with Gasteiger partial charge in [-0.3, -0.25) is 9.79 Å². The van der Waals surface area contributed by atoms with Crippen molar-refractivity contribution in [2.75, 3.05) is 13.7 Å². The van der Waals surface area contributed by atoms with Crippen LogP contribution in [0.1, 0.15) is 52.0 Å². The predicted molar refractivity (Wildman–Crippen MR) is 111 cm³/mol. The van der Waals surface area contributed by atoms with E-state index in [0.29, 0.717) is 36.3 Å². The molecule has 6 nitrogen and oxygen atoms in total. The summed E-state index contributed by atoms with van der Waals surface area (Å²) in [5.74, 6) is -1.63. The molecule has 1 fully saturated rings. The van der Waals surface area contributed by atoms with Gasteiger partial charge in [-0.25, -0.2) is 4.79 Å². The topological polar surface area (TPSA) is 85.2 Å². The molecule has 3 rings (SSSR count). The Hall–Kier alpha value is -2.34. The Kier molecular flexibility index (Phi) is 5.77. The molecule has 1 N–H and O–H groups in total. The number of hydrogen-bond acceptors (Lipinski definition) is 6. The quantitative estimate of drug-likeness (QED) is 0.729. The minimum Gasteiger partial charge on any atom is -0.503 e. The number of fused-ring (bicyclic) bond motifs is 1. The van der Waals surface area contributed by atoms with Gasteiger partial charge in [0.15, 0.2) is 11.5 Å². The molecule has 1 aromatic carbocycles. The fraction of sp³-hybridized carbons (Fsp3) is 0.500. The van der Waals surface area contributed by atoms with Gasteiger partial charge in [0.2, 0.25) is 0 Å². The van der Waals surface area contributed by atoms with Crippen molar-refractivity contribution in [3.05, 3.63) is 34.0 Å². The summed E-state index contributed by atoms with van der Waals surface area (Å²) in [6, 6.07) is 3.22. The van der Waals surface area contributed by atoms with Crippen LogP contribution in [-0.4, -0.2) is 36.3 Å². The average Bonchev–Trinajstić information content (AvgIpc) is 2.62. The van der Waals surface area contributed by atoms with Gasteiger partial charge in [-0.2, -0.15) is 0 Å². The van der Waals surface area contributed by atoms with E-state index in [-0.39, 0.29) is 27.7 Å². The number of methoxy groups -OCH3 is 1. The third-order valence-corrected chi connectivity index (χ3v) is 5.77. The predicted octanol–water partition coefficient (Wildman–Crippen LogP) is 4.43. The molecular formula is C22H26ClNO5. The molecule has 1 aliphatic heterocycles. The number of carbonyl (C=O) groups is 2. The monoisotopic (exact) mass is 419 g/mol. The Morgan fingerprint density at radius 3 is 2.62 bits per heavy atom. The van der Waals surface area contributed by atoms with Crippen molar-refractivity contribution in [2.24, 2.45) is 16.3 Å². The summed E-state index contributed by atoms with van der Waals surface area (Å²) in [6.45, 7) is 7.96. The minimum atomic E-state index is -0.601. The van der Waals surface area contributed by atoms with Gasteiger partial charge in [0.1, 0.15) is 5.78 Å². The second kappa shape index (κ2) is 7.82. The third kappa shape index (κ3) is 3.90. The molecule has 1 unspecified atom stereocenters. The second-order valence-corrected chi connectivity index (χ2v) is 8.72. The lowest BCUT2D eigenvalue weighted by molar-refractivity contribution is -0.136. The molecule has 7 heteroatoms. The number of ketones is 1. The number of Topliss-reactive ketones (excluding diaryl/α,β-unsaturated/α-hetero) is 1. The zero-order valence-corrected chi connectivity index (χ0v) is 18.1. The SMILES string of the molecule is CCOc1cc([C@H]2C(C(=O)OC)=C(C)N=C3CC(C)(C)CC(=O)C32)cc(Cl)c1O. The Bertz CT molecular complexity index is 931. The van der Waals surface area contributed by atoms with Crippen LogP contribution in [0, 0.1) is 11.3 Å². The van der Waals surface area contributed by atoms with Crippen LogP contribution in [0.5, 0.6) is 11.5 Å².